The number of allylic oxidation sites excluding steroid dienone is 1. The molecule has 2 aromatic rings. The minimum atomic E-state index is -0.381. The van der Waals surface area contributed by atoms with Crippen LogP contribution in [0.2, 0.25) is 0 Å². The van der Waals surface area contributed by atoms with Gasteiger partial charge < -0.3 is 0 Å². The molecular formula is C15H13NO2Se. The molecule has 0 atom stereocenters. The van der Waals surface area contributed by atoms with E-state index < -0.39 is 0 Å². The summed E-state index contributed by atoms with van der Waals surface area (Å²) < 4.78 is 2.61. The number of nitro benzene ring substituents is 1. The van der Waals surface area contributed by atoms with Gasteiger partial charge in [0.05, 0.1) is 0 Å². The van der Waals surface area contributed by atoms with Gasteiger partial charge in [-0.15, -0.1) is 0 Å². The molecule has 0 aliphatic heterocycles. The molecule has 0 spiro atoms. The van der Waals surface area contributed by atoms with Crippen molar-refractivity contribution in [2.45, 2.75) is 6.92 Å². The van der Waals surface area contributed by atoms with Crippen molar-refractivity contribution in [1.82, 2.24) is 0 Å². The molecule has 0 radical (unpaired) electrons. The van der Waals surface area contributed by atoms with E-state index in [1.54, 1.807) is 12.1 Å². The number of hydrogen-bond acceptors (Lipinski definition) is 2. The Balaban J connectivity index is 2.10. The van der Waals surface area contributed by atoms with E-state index in [0.717, 1.165) is 5.56 Å². The third-order valence-corrected chi connectivity index (χ3v) is 4.48. The molecule has 4 heteroatoms. The topological polar surface area (TPSA) is 43.1 Å². The van der Waals surface area contributed by atoms with Crippen LogP contribution in [0.15, 0.2) is 59.1 Å². The average molecular weight is 318 g/mol. The Kier molecular flexibility index (Phi) is 4.50. The molecule has 0 N–H and O–H groups in total. The van der Waals surface area contributed by atoms with Crippen LogP contribution in [-0.4, -0.2) is 19.9 Å². The summed E-state index contributed by atoms with van der Waals surface area (Å²) in [6.07, 6.45) is 2.08. The molecule has 19 heavy (non-hydrogen) atoms. The molecule has 0 aliphatic rings. The van der Waals surface area contributed by atoms with Crippen LogP contribution in [0.1, 0.15) is 12.5 Å². The fourth-order valence-electron chi connectivity index (χ4n) is 1.63. The SMILES string of the molecule is C/C(=C/c1ccc([N+](=O)[O-])cc1)[Se]c1ccccc1. The summed E-state index contributed by atoms with van der Waals surface area (Å²) >= 11 is 0.295. The van der Waals surface area contributed by atoms with E-state index in [0.29, 0.717) is 15.0 Å². The van der Waals surface area contributed by atoms with Crippen molar-refractivity contribution in [2.75, 3.05) is 0 Å². The normalized spacial score (nSPS) is 11.3. The van der Waals surface area contributed by atoms with Crippen molar-refractivity contribution in [3.05, 3.63) is 74.7 Å². The molecule has 0 heterocycles. The van der Waals surface area contributed by atoms with Crippen LogP contribution in [0.5, 0.6) is 0 Å². The molecule has 96 valence electrons. The second-order valence-corrected chi connectivity index (χ2v) is 6.79. The van der Waals surface area contributed by atoms with E-state index in [-0.39, 0.29) is 10.6 Å². The van der Waals surface area contributed by atoms with Crippen LogP contribution in [0, 0.1) is 10.1 Å². The van der Waals surface area contributed by atoms with E-state index in [9.17, 15) is 10.1 Å². The van der Waals surface area contributed by atoms with Crippen LogP contribution in [0.4, 0.5) is 5.69 Å². The van der Waals surface area contributed by atoms with Gasteiger partial charge >= 0.3 is 118 Å². The van der Waals surface area contributed by atoms with Gasteiger partial charge in [-0.2, -0.15) is 0 Å². The van der Waals surface area contributed by atoms with Crippen molar-refractivity contribution in [3.8, 4) is 0 Å². The molecular weight excluding hydrogens is 305 g/mol. The van der Waals surface area contributed by atoms with Crippen molar-refractivity contribution < 1.29 is 4.92 Å². The van der Waals surface area contributed by atoms with Gasteiger partial charge in [0.2, 0.25) is 0 Å². The zero-order chi connectivity index (χ0) is 13.7. The number of benzene rings is 2. The number of non-ortho nitro benzene ring substituents is 1. The van der Waals surface area contributed by atoms with Crippen molar-refractivity contribution in [1.29, 1.82) is 0 Å². The summed E-state index contributed by atoms with van der Waals surface area (Å²) in [5.74, 6) is 0. The third-order valence-electron chi connectivity index (χ3n) is 2.50. The van der Waals surface area contributed by atoms with Crippen LogP contribution >= 0.6 is 0 Å². The first-order valence-corrected chi connectivity index (χ1v) is 7.52. The van der Waals surface area contributed by atoms with E-state index >= 15 is 0 Å². The Labute approximate surface area is 118 Å². The molecule has 2 aromatic carbocycles. The van der Waals surface area contributed by atoms with Gasteiger partial charge in [0.25, 0.3) is 0 Å². The molecule has 2 rings (SSSR count). The molecule has 0 aliphatic carbocycles. The maximum atomic E-state index is 10.6. The molecule has 0 unspecified atom stereocenters. The maximum absolute atomic E-state index is 10.6. The van der Waals surface area contributed by atoms with Crippen LogP contribution in [0.3, 0.4) is 0 Å². The van der Waals surface area contributed by atoms with E-state index in [1.165, 1.54) is 21.1 Å². The summed E-state index contributed by atoms with van der Waals surface area (Å²) in [5, 5.41) is 10.6. The van der Waals surface area contributed by atoms with Gasteiger partial charge in [0, 0.05) is 0 Å². The number of nitrogens with zero attached hydrogens (tertiary/aromatic N) is 1. The second-order valence-electron chi connectivity index (χ2n) is 4.02. The van der Waals surface area contributed by atoms with Gasteiger partial charge in [-0.25, -0.2) is 0 Å². The zero-order valence-electron chi connectivity index (χ0n) is 10.4. The van der Waals surface area contributed by atoms with Gasteiger partial charge in [-0.1, -0.05) is 0 Å². The first-order valence-electron chi connectivity index (χ1n) is 5.81. The Hall–Kier alpha value is -1.90. The standard InChI is InChI=1S/C15H13NO2Se/c1-12(19-15-5-3-2-4-6-15)11-13-7-9-14(10-8-13)16(17)18/h2-11H,1H3/b12-11-. The molecule has 0 saturated carbocycles. The summed E-state index contributed by atoms with van der Waals surface area (Å²) in [6, 6.07) is 17.0. The minimum absolute atomic E-state index is 0.128. The Morgan fingerprint density at radius 3 is 2.32 bits per heavy atom. The monoisotopic (exact) mass is 319 g/mol. The number of nitro groups is 1. The summed E-state index contributed by atoms with van der Waals surface area (Å²) in [4.78, 5) is 10.2. The molecule has 0 aromatic heterocycles. The Morgan fingerprint density at radius 1 is 1.11 bits per heavy atom. The molecule has 3 nitrogen and oxygen atoms in total. The van der Waals surface area contributed by atoms with Crippen LogP contribution in [-0.2, 0) is 0 Å². The van der Waals surface area contributed by atoms with E-state index in [2.05, 4.69) is 25.1 Å². The number of hydrogen-bond donors (Lipinski definition) is 0. The Morgan fingerprint density at radius 2 is 1.74 bits per heavy atom. The van der Waals surface area contributed by atoms with Crippen molar-refractivity contribution in [3.63, 3.8) is 0 Å². The van der Waals surface area contributed by atoms with Crippen molar-refractivity contribution in [2.24, 2.45) is 0 Å². The van der Waals surface area contributed by atoms with Crippen molar-refractivity contribution >= 4 is 31.2 Å². The quantitative estimate of drug-likeness (QED) is 0.494. The second kappa shape index (κ2) is 6.32. The molecule has 0 bridgehead atoms. The summed E-state index contributed by atoms with van der Waals surface area (Å²) in [5.41, 5.74) is 1.13. The Bertz CT molecular complexity index is 591. The van der Waals surface area contributed by atoms with Crippen LogP contribution < -0.4 is 4.46 Å². The molecule has 0 saturated heterocycles. The number of rotatable bonds is 4. The summed E-state index contributed by atoms with van der Waals surface area (Å²) in [7, 11) is 0. The third kappa shape index (κ3) is 4.05. The van der Waals surface area contributed by atoms with E-state index in [1.807, 2.05) is 18.2 Å². The predicted octanol–water partition coefficient (Wildman–Crippen LogP) is 2.99. The van der Waals surface area contributed by atoms with Gasteiger partial charge in [0.1, 0.15) is 0 Å². The molecule has 0 fully saturated rings. The fraction of sp³-hybridized carbons (Fsp3) is 0.0667. The van der Waals surface area contributed by atoms with Gasteiger partial charge in [0.15, 0.2) is 0 Å². The van der Waals surface area contributed by atoms with Gasteiger partial charge in [-0.05, 0) is 0 Å². The first kappa shape index (κ1) is 13.5. The fourth-order valence-corrected chi connectivity index (χ4v) is 3.44. The predicted molar refractivity (Wildman–Crippen MR) is 78.6 cm³/mol. The first-order chi connectivity index (χ1) is 9.15. The van der Waals surface area contributed by atoms with E-state index in [4.69, 9.17) is 0 Å². The molecule has 0 amide bonds. The average Bonchev–Trinajstić information content (AvgIpc) is 2.40. The zero-order valence-corrected chi connectivity index (χ0v) is 12.2. The summed E-state index contributed by atoms with van der Waals surface area (Å²) in [6.45, 7) is 2.09. The van der Waals surface area contributed by atoms with Crippen LogP contribution in [0.25, 0.3) is 6.08 Å². The van der Waals surface area contributed by atoms with Gasteiger partial charge in [-0.3, -0.25) is 0 Å².